The Bertz CT molecular complexity index is 614. The fourth-order valence-corrected chi connectivity index (χ4v) is 2.03. The van der Waals surface area contributed by atoms with E-state index in [1.54, 1.807) is 0 Å². The van der Waals surface area contributed by atoms with Crippen molar-refractivity contribution in [3.8, 4) is 11.4 Å². The highest BCUT2D eigenvalue weighted by molar-refractivity contribution is 5.55. The van der Waals surface area contributed by atoms with Crippen molar-refractivity contribution in [1.29, 1.82) is 0 Å². The maximum atomic E-state index is 12.0. The number of nitrogens with one attached hydrogen (secondary N) is 2. The third kappa shape index (κ3) is 2.90. The lowest BCUT2D eigenvalue weighted by molar-refractivity contribution is 0.787. The van der Waals surface area contributed by atoms with Gasteiger partial charge in [0.2, 0.25) is 0 Å². The number of aromatic amines is 1. The first-order valence-corrected chi connectivity index (χ1v) is 6.49. The molecule has 0 atom stereocenters. The fraction of sp³-hybridized carbons (Fsp3) is 0.333. The van der Waals surface area contributed by atoms with Crippen molar-refractivity contribution >= 4 is 0 Å². The summed E-state index contributed by atoms with van der Waals surface area (Å²) in [5.74, 6) is 0.630. The quantitative estimate of drug-likeness (QED) is 0.881. The first-order chi connectivity index (χ1) is 9.15. The van der Waals surface area contributed by atoms with Crippen molar-refractivity contribution in [3.05, 3.63) is 51.4 Å². The topological polar surface area (TPSA) is 57.8 Å². The van der Waals surface area contributed by atoms with E-state index in [9.17, 15) is 4.79 Å². The second-order valence-electron chi connectivity index (χ2n) is 4.56. The Morgan fingerprint density at radius 3 is 2.47 bits per heavy atom. The number of hydrogen-bond donors (Lipinski definition) is 2. The number of aryl methyl sites for hydroxylation is 2. The average molecular weight is 257 g/mol. The number of nitrogens with zero attached hydrogens (tertiary/aromatic N) is 1. The van der Waals surface area contributed by atoms with Gasteiger partial charge in [0.15, 0.2) is 0 Å². The molecular formula is C15H19N3O. The van der Waals surface area contributed by atoms with Crippen LogP contribution < -0.4 is 10.9 Å². The lowest BCUT2D eigenvalue weighted by Gasteiger charge is -2.07. The molecule has 0 spiro atoms. The van der Waals surface area contributed by atoms with Crippen molar-refractivity contribution in [2.75, 3.05) is 7.05 Å². The molecule has 0 radical (unpaired) electrons. The van der Waals surface area contributed by atoms with Crippen molar-refractivity contribution in [3.63, 3.8) is 0 Å². The Labute approximate surface area is 112 Å². The smallest absolute Gasteiger partial charge is 0.255 e. The van der Waals surface area contributed by atoms with Crippen LogP contribution in [0.25, 0.3) is 11.4 Å². The molecule has 0 aliphatic rings. The zero-order valence-corrected chi connectivity index (χ0v) is 11.6. The molecule has 0 saturated heterocycles. The van der Waals surface area contributed by atoms with Crippen LogP contribution in [0, 0.1) is 6.92 Å². The van der Waals surface area contributed by atoms with E-state index >= 15 is 0 Å². The molecular weight excluding hydrogens is 238 g/mol. The minimum atomic E-state index is -0.0728. The summed E-state index contributed by atoms with van der Waals surface area (Å²) in [5.41, 5.74) is 3.60. The van der Waals surface area contributed by atoms with Gasteiger partial charge in [0.05, 0.1) is 5.56 Å². The molecule has 4 nitrogen and oxygen atoms in total. The van der Waals surface area contributed by atoms with Gasteiger partial charge in [-0.1, -0.05) is 31.2 Å². The first-order valence-electron chi connectivity index (χ1n) is 6.49. The third-order valence-corrected chi connectivity index (χ3v) is 3.21. The molecule has 0 saturated carbocycles. The van der Waals surface area contributed by atoms with Gasteiger partial charge in [-0.3, -0.25) is 4.79 Å². The third-order valence-electron chi connectivity index (χ3n) is 3.21. The number of aromatic nitrogens is 2. The molecule has 100 valence electrons. The Morgan fingerprint density at radius 1 is 1.26 bits per heavy atom. The van der Waals surface area contributed by atoms with E-state index in [2.05, 4.69) is 34.3 Å². The standard InChI is InChI=1S/C15H19N3O/c1-4-11-5-7-12(8-6-11)14-17-10(2)13(9-16-3)15(19)18-14/h5-8,16H,4,9H2,1-3H3,(H,17,18,19). The van der Waals surface area contributed by atoms with E-state index in [1.807, 2.05) is 26.1 Å². The molecule has 1 aromatic heterocycles. The van der Waals surface area contributed by atoms with E-state index < -0.39 is 0 Å². The van der Waals surface area contributed by atoms with Crippen LogP contribution in [-0.4, -0.2) is 17.0 Å². The van der Waals surface area contributed by atoms with Gasteiger partial charge in [-0.2, -0.15) is 0 Å². The Hall–Kier alpha value is -1.94. The van der Waals surface area contributed by atoms with Crippen LogP contribution in [0.1, 0.15) is 23.7 Å². The summed E-state index contributed by atoms with van der Waals surface area (Å²) >= 11 is 0. The molecule has 0 aliphatic heterocycles. The summed E-state index contributed by atoms with van der Waals surface area (Å²) < 4.78 is 0. The van der Waals surface area contributed by atoms with Crippen LogP contribution in [0.2, 0.25) is 0 Å². The highest BCUT2D eigenvalue weighted by Gasteiger charge is 2.08. The van der Waals surface area contributed by atoms with Gasteiger partial charge in [-0.15, -0.1) is 0 Å². The Balaban J connectivity index is 2.42. The molecule has 19 heavy (non-hydrogen) atoms. The largest absolute Gasteiger partial charge is 0.315 e. The lowest BCUT2D eigenvalue weighted by atomic mass is 10.1. The van der Waals surface area contributed by atoms with Crippen molar-refractivity contribution < 1.29 is 0 Å². The van der Waals surface area contributed by atoms with Gasteiger partial charge in [-0.25, -0.2) is 4.98 Å². The summed E-state index contributed by atoms with van der Waals surface area (Å²) in [6, 6.07) is 8.11. The van der Waals surface area contributed by atoms with Gasteiger partial charge in [0.1, 0.15) is 5.82 Å². The van der Waals surface area contributed by atoms with Crippen LogP contribution in [0.3, 0.4) is 0 Å². The van der Waals surface area contributed by atoms with Crippen molar-refractivity contribution in [1.82, 2.24) is 15.3 Å². The highest BCUT2D eigenvalue weighted by Crippen LogP contribution is 2.15. The Kier molecular flexibility index (Phi) is 4.12. The van der Waals surface area contributed by atoms with Crippen molar-refractivity contribution in [2.24, 2.45) is 0 Å². The SMILES string of the molecule is CCc1ccc(-c2nc(C)c(CNC)c(=O)[nH]2)cc1. The summed E-state index contributed by atoms with van der Waals surface area (Å²) in [5, 5.41) is 2.98. The lowest BCUT2D eigenvalue weighted by Crippen LogP contribution is -2.21. The van der Waals surface area contributed by atoms with Gasteiger partial charge >= 0.3 is 0 Å². The molecule has 0 bridgehead atoms. The maximum Gasteiger partial charge on any atom is 0.255 e. The first kappa shape index (κ1) is 13.5. The van der Waals surface area contributed by atoms with Crippen LogP contribution in [0.4, 0.5) is 0 Å². The average Bonchev–Trinajstić information content (AvgIpc) is 2.43. The van der Waals surface area contributed by atoms with Gasteiger partial charge in [-0.05, 0) is 26.0 Å². The number of rotatable bonds is 4. The summed E-state index contributed by atoms with van der Waals surface area (Å²) in [6.45, 7) is 4.51. The summed E-state index contributed by atoms with van der Waals surface area (Å²) in [7, 11) is 1.82. The summed E-state index contributed by atoms with van der Waals surface area (Å²) in [4.78, 5) is 19.3. The monoisotopic (exact) mass is 257 g/mol. The van der Waals surface area contributed by atoms with Gasteiger partial charge < -0.3 is 10.3 Å². The molecule has 0 aliphatic carbocycles. The van der Waals surface area contributed by atoms with Gasteiger partial charge in [0, 0.05) is 17.8 Å². The fourth-order valence-electron chi connectivity index (χ4n) is 2.03. The van der Waals surface area contributed by atoms with Crippen LogP contribution >= 0.6 is 0 Å². The molecule has 0 amide bonds. The molecule has 1 heterocycles. The normalized spacial score (nSPS) is 10.7. The van der Waals surface area contributed by atoms with Crippen LogP contribution in [-0.2, 0) is 13.0 Å². The van der Waals surface area contributed by atoms with Crippen LogP contribution in [0.15, 0.2) is 29.1 Å². The summed E-state index contributed by atoms with van der Waals surface area (Å²) in [6.07, 6.45) is 1.00. The molecule has 1 aromatic carbocycles. The molecule has 4 heteroatoms. The van der Waals surface area contributed by atoms with Crippen LogP contribution in [0.5, 0.6) is 0 Å². The predicted octanol–water partition coefficient (Wildman–Crippen LogP) is 2.03. The van der Waals surface area contributed by atoms with E-state index in [4.69, 9.17) is 0 Å². The zero-order valence-electron chi connectivity index (χ0n) is 11.6. The van der Waals surface area contributed by atoms with E-state index in [-0.39, 0.29) is 5.56 Å². The maximum absolute atomic E-state index is 12.0. The van der Waals surface area contributed by atoms with Gasteiger partial charge in [0.25, 0.3) is 5.56 Å². The predicted molar refractivity (Wildman–Crippen MR) is 77.2 cm³/mol. The molecule has 2 aromatic rings. The number of H-pyrrole nitrogens is 1. The van der Waals surface area contributed by atoms with E-state index in [0.717, 1.165) is 17.7 Å². The van der Waals surface area contributed by atoms with E-state index in [1.165, 1.54) is 5.56 Å². The highest BCUT2D eigenvalue weighted by atomic mass is 16.1. The zero-order chi connectivity index (χ0) is 13.8. The molecule has 0 unspecified atom stereocenters. The Morgan fingerprint density at radius 2 is 1.95 bits per heavy atom. The number of hydrogen-bond acceptors (Lipinski definition) is 3. The minimum Gasteiger partial charge on any atom is -0.315 e. The number of benzene rings is 1. The second kappa shape index (κ2) is 5.80. The molecule has 2 rings (SSSR count). The minimum absolute atomic E-state index is 0.0728. The molecule has 2 N–H and O–H groups in total. The van der Waals surface area contributed by atoms with E-state index in [0.29, 0.717) is 17.9 Å². The second-order valence-corrected chi connectivity index (χ2v) is 4.56. The molecule has 0 fully saturated rings. The van der Waals surface area contributed by atoms with Crippen molar-refractivity contribution in [2.45, 2.75) is 26.8 Å².